The average Bonchev–Trinajstić information content (AvgIpc) is 3.27. The minimum atomic E-state index is -1.04. The van der Waals surface area contributed by atoms with E-state index in [-0.39, 0.29) is 30.0 Å². The van der Waals surface area contributed by atoms with Gasteiger partial charge in [-0.15, -0.1) is 10.2 Å². The predicted octanol–water partition coefficient (Wildman–Crippen LogP) is 3.94. The first-order valence-corrected chi connectivity index (χ1v) is 10.7. The van der Waals surface area contributed by atoms with Crippen LogP contribution in [0.1, 0.15) is 17.8 Å². The average molecular weight is 459 g/mol. The molecule has 5 aromatic rings. The number of hydrogen-bond donors (Lipinski definition) is 1. The zero-order valence-corrected chi connectivity index (χ0v) is 17.9. The summed E-state index contributed by atoms with van der Waals surface area (Å²) in [5, 5.41) is 11.6. The van der Waals surface area contributed by atoms with Gasteiger partial charge in [-0.1, -0.05) is 42.5 Å². The molecule has 9 heteroatoms. The monoisotopic (exact) mass is 459 g/mol. The van der Waals surface area contributed by atoms with Gasteiger partial charge < -0.3 is 5.32 Å². The van der Waals surface area contributed by atoms with Crippen LogP contribution in [0.4, 0.5) is 14.5 Å². The lowest BCUT2D eigenvalue weighted by Gasteiger charge is -2.11. The quantitative estimate of drug-likeness (QED) is 0.417. The number of nitrogens with zero attached hydrogens (tertiary/aromatic N) is 4. The minimum absolute atomic E-state index is 0.0337. The van der Waals surface area contributed by atoms with E-state index in [1.54, 1.807) is 21.1 Å². The molecule has 3 aromatic carbocycles. The minimum Gasteiger partial charge on any atom is -0.326 e. The number of anilines is 1. The molecule has 0 aliphatic carbocycles. The third kappa shape index (κ3) is 4.03. The summed E-state index contributed by atoms with van der Waals surface area (Å²) in [6, 6.07) is 19.9. The zero-order chi connectivity index (χ0) is 23.7. The molecule has 0 saturated carbocycles. The van der Waals surface area contributed by atoms with Crippen molar-refractivity contribution in [3.63, 3.8) is 0 Å². The van der Waals surface area contributed by atoms with Crippen LogP contribution < -0.4 is 10.9 Å². The Kier molecular flexibility index (Phi) is 5.59. The highest BCUT2D eigenvalue weighted by atomic mass is 19.2. The Morgan fingerprint density at radius 3 is 2.47 bits per heavy atom. The molecule has 0 atom stereocenters. The van der Waals surface area contributed by atoms with Crippen LogP contribution in [-0.2, 0) is 17.8 Å². The molecule has 34 heavy (non-hydrogen) atoms. The number of aryl methyl sites for hydroxylation is 1. The lowest BCUT2D eigenvalue weighted by Crippen LogP contribution is -2.24. The van der Waals surface area contributed by atoms with Gasteiger partial charge in [0.25, 0.3) is 5.56 Å². The standard InChI is InChI=1S/C25H19F2N5O2/c26-19-11-10-17(14-20(19)27)28-23(33)13-12-22-29-30-25-31(15-16-6-2-1-3-7-16)24(34)18-8-4-5-9-21(18)32(22)25/h1-11,14H,12-13,15H2,(H,28,33). The molecule has 170 valence electrons. The number of halogens is 2. The third-order valence-electron chi connectivity index (χ3n) is 5.54. The number of hydrogen-bond acceptors (Lipinski definition) is 4. The second-order valence-corrected chi connectivity index (χ2v) is 7.82. The summed E-state index contributed by atoms with van der Waals surface area (Å²) in [5.74, 6) is -1.52. The summed E-state index contributed by atoms with van der Waals surface area (Å²) in [4.78, 5) is 25.7. The summed E-state index contributed by atoms with van der Waals surface area (Å²) in [5.41, 5.74) is 1.57. The van der Waals surface area contributed by atoms with Crippen molar-refractivity contribution in [2.75, 3.05) is 5.32 Å². The van der Waals surface area contributed by atoms with Crippen molar-refractivity contribution < 1.29 is 13.6 Å². The molecule has 2 aromatic heterocycles. The van der Waals surface area contributed by atoms with E-state index in [0.29, 0.717) is 29.0 Å². The van der Waals surface area contributed by atoms with Gasteiger partial charge in [0.05, 0.1) is 17.4 Å². The normalized spacial score (nSPS) is 11.2. The van der Waals surface area contributed by atoms with Crippen molar-refractivity contribution in [3.05, 3.63) is 106 Å². The van der Waals surface area contributed by atoms with E-state index in [9.17, 15) is 18.4 Å². The topological polar surface area (TPSA) is 81.3 Å². The fourth-order valence-electron chi connectivity index (χ4n) is 3.91. The second kappa shape index (κ2) is 8.86. The van der Waals surface area contributed by atoms with E-state index >= 15 is 0 Å². The Labute approximate surface area is 192 Å². The predicted molar refractivity (Wildman–Crippen MR) is 124 cm³/mol. The largest absolute Gasteiger partial charge is 0.326 e. The van der Waals surface area contributed by atoms with Crippen LogP contribution >= 0.6 is 0 Å². The molecule has 1 N–H and O–H groups in total. The molecule has 0 unspecified atom stereocenters. The number of aromatic nitrogens is 4. The smallest absolute Gasteiger partial charge is 0.263 e. The Hall–Kier alpha value is -4.40. The summed E-state index contributed by atoms with van der Waals surface area (Å²) >= 11 is 0. The molecule has 1 amide bonds. The van der Waals surface area contributed by atoms with Crippen molar-refractivity contribution in [2.45, 2.75) is 19.4 Å². The van der Waals surface area contributed by atoms with Gasteiger partial charge in [-0.3, -0.25) is 18.6 Å². The van der Waals surface area contributed by atoms with Crippen LogP contribution in [0.5, 0.6) is 0 Å². The van der Waals surface area contributed by atoms with Gasteiger partial charge in [0.15, 0.2) is 11.6 Å². The van der Waals surface area contributed by atoms with E-state index in [1.165, 1.54) is 6.07 Å². The van der Waals surface area contributed by atoms with Gasteiger partial charge in [-0.2, -0.15) is 0 Å². The van der Waals surface area contributed by atoms with Gasteiger partial charge in [-0.25, -0.2) is 8.78 Å². The van der Waals surface area contributed by atoms with E-state index in [1.807, 2.05) is 42.5 Å². The number of fused-ring (bicyclic) bond motifs is 3. The number of nitrogens with one attached hydrogen (secondary N) is 1. The first-order chi connectivity index (χ1) is 16.5. The van der Waals surface area contributed by atoms with Crippen LogP contribution in [0, 0.1) is 11.6 Å². The van der Waals surface area contributed by atoms with Crippen molar-refractivity contribution in [3.8, 4) is 0 Å². The molecule has 0 bridgehead atoms. The van der Waals surface area contributed by atoms with Crippen molar-refractivity contribution >= 4 is 28.3 Å². The molecule has 0 spiro atoms. The molecule has 0 saturated heterocycles. The first kappa shape index (κ1) is 21.4. The molecule has 0 radical (unpaired) electrons. The molecular formula is C25H19F2N5O2. The molecule has 0 aliphatic rings. The number of para-hydroxylation sites is 1. The second-order valence-electron chi connectivity index (χ2n) is 7.82. The molecule has 0 fully saturated rings. The third-order valence-corrected chi connectivity index (χ3v) is 5.54. The maximum absolute atomic E-state index is 13.4. The summed E-state index contributed by atoms with van der Waals surface area (Å²) < 4.78 is 29.9. The highest BCUT2D eigenvalue weighted by molar-refractivity contribution is 5.90. The van der Waals surface area contributed by atoms with Crippen LogP contribution in [0.15, 0.2) is 77.6 Å². The van der Waals surface area contributed by atoms with Crippen LogP contribution in [0.3, 0.4) is 0 Å². The number of amides is 1. The summed E-state index contributed by atoms with van der Waals surface area (Å²) in [6.45, 7) is 0.322. The Morgan fingerprint density at radius 1 is 0.912 bits per heavy atom. The van der Waals surface area contributed by atoms with E-state index < -0.39 is 11.6 Å². The molecule has 5 rings (SSSR count). The van der Waals surface area contributed by atoms with Gasteiger partial charge in [-0.05, 0) is 29.8 Å². The fraction of sp³-hybridized carbons (Fsp3) is 0.120. The number of benzene rings is 3. The maximum atomic E-state index is 13.4. The number of carbonyl (C=O) groups is 1. The highest BCUT2D eigenvalue weighted by Gasteiger charge is 2.17. The SMILES string of the molecule is O=C(CCc1nnc2n(Cc3ccccc3)c(=O)c3ccccc3n12)Nc1ccc(F)c(F)c1. The van der Waals surface area contributed by atoms with Gasteiger partial charge in [0.1, 0.15) is 5.82 Å². The van der Waals surface area contributed by atoms with Crippen molar-refractivity contribution in [1.29, 1.82) is 0 Å². The summed E-state index contributed by atoms with van der Waals surface area (Å²) in [7, 11) is 0. The maximum Gasteiger partial charge on any atom is 0.263 e. The van der Waals surface area contributed by atoms with Crippen LogP contribution in [-0.4, -0.2) is 25.1 Å². The van der Waals surface area contributed by atoms with Crippen molar-refractivity contribution in [2.24, 2.45) is 0 Å². The molecule has 7 nitrogen and oxygen atoms in total. The summed E-state index contributed by atoms with van der Waals surface area (Å²) in [6.07, 6.45) is 0.260. The lowest BCUT2D eigenvalue weighted by molar-refractivity contribution is -0.116. The van der Waals surface area contributed by atoms with E-state index in [2.05, 4.69) is 15.5 Å². The fourth-order valence-corrected chi connectivity index (χ4v) is 3.91. The molecule has 2 heterocycles. The Bertz CT molecular complexity index is 1580. The van der Waals surface area contributed by atoms with Gasteiger partial charge >= 0.3 is 0 Å². The van der Waals surface area contributed by atoms with Crippen LogP contribution in [0.25, 0.3) is 16.7 Å². The van der Waals surface area contributed by atoms with Gasteiger partial charge in [0.2, 0.25) is 11.7 Å². The molecule has 0 aliphatic heterocycles. The number of rotatable bonds is 6. The zero-order valence-electron chi connectivity index (χ0n) is 17.9. The Morgan fingerprint density at radius 2 is 1.68 bits per heavy atom. The molecular weight excluding hydrogens is 440 g/mol. The highest BCUT2D eigenvalue weighted by Crippen LogP contribution is 2.17. The lowest BCUT2D eigenvalue weighted by atomic mass is 10.2. The Balaban J connectivity index is 1.48. The van der Waals surface area contributed by atoms with Gasteiger partial charge in [0, 0.05) is 24.6 Å². The first-order valence-electron chi connectivity index (χ1n) is 10.7. The van der Waals surface area contributed by atoms with E-state index in [0.717, 1.165) is 17.7 Å². The van der Waals surface area contributed by atoms with Crippen LogP contribution in [0.2, 0.25) is 0 Å². The van der Waals surface area contributed by atoms with Crippen molar-refractivity contribution in [1.82, 2.24) is 19.2 Å². The number of carbonyl (C=O) groups excluding carboxylic acids is 1. The van der Waals surface area contributed by atoms with E-state index in [4.69, 9.17) is 0 Å².